The molecular formula is C58H92O16Si. The van der Waals surface area contributed by atoms with Crippen LogP contribution >= 0.6 is 0 Å². The van der Waals surface area contributed by atoms with Gasteiger partial charge < -0.3 is 48.2 Å². The Bertz CT molecular complexity index is 2400. The SMILES string of the molecule is C.CCC(=O)O[C@H]1C2[C@](C)(C(=O)[C@H](C)C3=C(C)[C@@H](O)C[C@]1(O)C3(C)C)[C@@H](C)C[C@H]1OC[C@@]21OC(C)=O.CCC(=O)O[C@H]1C2[C@](C)(C(=O)[C@H](C)C3=C(C)[C@@H](O[Si](C)(C)C)C[C@]1(O)C3(C)C)[C@@H](C)C[C@H]1OC[C@@]21OC(C)=O. The lowest BCUT2D eigenvalue weighted by Gasteiger charge is -2.68. The molecule has 6 fully saturated rings. The number of ketones is 2. The highest BCUT2D eigenvalue weighted by Crippen LogP contribution is 2.68. The molecule has 2 unspecified atom stereocenters. The van der Waals surface area contributed by atoms with E-state index in [1.165, 1.54) is 13.8 Å². The largest absolute Gasteiger partial charge is 0.459 e. The molecule has 424 valence electrons. The number of hydrogen-bond acceptors (Lipinski definition) is 16. The Hall–Kier alpha value is -3.32. The van der Waals surface area contributed by atoms with Gasteiger partial charge in [0.2, 0.25) is 0 Å². The van der Waals surface area contributed by atoms with Crippen molar-refractivity contribution in [1.29, 1.82) is 0 Å². The first-order valence-electron chi connectivity index (χ1n) is 27.2. The summed E-state index contributed by atoms with van der Waals surface area (Å²) in [6, 6.07) is 0. The molecule has 0 radical (unpaired) electrons. The summed E-state index contributed by atoms with van der Waals surface area (Å²) in [5, 5.41) is 36.7. The number of ether oxygens (including phenoxy) is 6. The van der Waals surface area contributed by atoms with Gasteiger partial charge in [0.25, 0.3) is 0 Å². The van der Waals surface area contributed by atoms with Gasteiger partial charge in [-0.15, -0.1) is 0 Å². The van der Waals surface area contributed by atoms with Gasteiger partial charge in [0.15, 0.2) is 19.5 Å². The average Bonchev–Trinajstić information content (AvgIpc) is 3.28. The van der Waals surface area contributed by atoms with Crippen molar-refractivity contribution in [3.05, 3.63) is 22.3 Å². The van der Waals surface area contributed by atoms with E-state index in [9.17, 15) is 44.1 Å². The molecule has 2 saturated heterocycles. The maximum atomic E-state index is 14.8. The van der Waals surface area contributed by atoms with E-state index in [0.717, 1.165) is 11.1 Å². The molecule has 8 rings (SSSR count). The van der Waals surface area contributed by atoms with Gasteiger partial charge in [-0.3, -0.25) is 28.8 Å². The molecule has 0 aromatic carbocycles. The van der Waals surface area contributed by atoms with Crippen LogP contribution in [0.15, 0.2) is 22.3 Å². The predicted octanol–water partition coefficient (Wildman–Crippen LogP) is 7.95. The van der Waals surface area contributed by atoms with Crippen LogP contribution in [0.2, 0.25) is 19.6 Å². The second kappa shape index (κ2) is 19.8. The van der Waals surface area contributed by atoms with Gasteiger partial charge in [-0.05, 0) is 80.5 Å². The third-order valence-electron chi connectivity index (χ3n) is 20.5. The lowest BCUT2D eigenvalue weighted by Crippen LogP contribution is -2.80. The maximum absolute atomic E-state index is 14.8. The van der Waals surface area contributed by atoms with Crippen LogP contribution < -0.4 is 0 Å². The summed E-state index contributed by atoms with van der Waals surface area (Å²) >= 11 is 0. The van der Waals surface area contributed by atoms with E-state index in [1.807, 2.05) is 76.2 Å². The summed E-state index contributed by atoms with van der Waals surface area (Å²) < 4.78 is 43.0. The van der Waals surface area contributed by atoms with Crippen LogP contribution in [-0.4, -0.2) is 131 Å². The first-order valence-corrected chi connectivity index (χ1v) is 30.6. The highest BCUT2D eigenvalue weighted by atomic mass is 28.4. The van der Waals surface area contributed by atoms with E-state index in [2.05, 4.69) is 19.6 Å². The van der Waals surface area contributed by atoms with Gasteiger partial charge >= 0.3 is 23.9 Å². The summed E-state index contributed by atoms with van der Waals surface area (Å²) in [6.45, 7) is 35.4. The quantitative estimate of drug-likeness (QED) is 0.0907. The van der Waals surface area contributed by atoms with E-state index >= 15 is 0 Å². The third-order valence-corrected chi connectivity index (χ3v) is 21.5. The number of carbonyl (C=O) groups is 6. The lowest BCUT2D eigenvalue weighted by molar-refractivity contribution is -0.341. The van der Waals surface area contributed by atoms with Gasteiger partial charge in [0.05, 0.1) is 37.3 Å². The minimum Gasteiger partial charge on any atom is -0.459 e. The van der Waals surface area contributed by atoms with Crippen LogP contribution in [0, 0.1) is 57.2 Å². The highest BCUT2D eigenvalue weighted by molar-refractivity contribution is 6.69. The van der Waals surface area contributed by atoms with Crippen LogP contribution in [0.1, 0.15) is 157 Å². The van der Waals surface area contributed by atoms with E-state index in [-0.39, 0.29) is 69.7 Å². The van der Waals surface area contributed by atoms with Gasteiger partial charge in [-0.1, -0.05) is 90.5 Å². The molecule has 6 aliphatic carbocycles. The fourth-order valence-corrected chi connectivity index (χ4v) is 17.5. The molecule has 0 spiro atoms. The highest BCUT2D eigenvalue weighted by Gasteiger charge is 2.79. The summed E-state index contributed by atoms with van der Waals surface area (Å²) in [5.74, 6) is -5.24. The molecule has 18 atom stereocenters. The number of aliphatic hydroxyl groups is 3. The molecule has 8 aliphatic rings. The zero-order valence-electron chi connectivity index (χ0n) is 47.7. The van der Waals surface area contributed by atoms with E-state index in [1.54, 1.807) is 20.8 Å². The number of hydrogen-bond donors (Lipinski definition) is 3. The fraction of sp³-hybridized carbons (Fsp3) is 0.828. The van der Waals surface area contributed by atoms with Gasteiger partial charge in [-0.25, -0.2) is 0 Å². The molecule has 16 nitrogen and oxygen atoms in total. The number of aliphatic hydroxyl groups excluding tert-OH is 1. The average molecular weight is 1070 g/mol. The Labute approximate surface area is 447 Å². The number of rotatable bonds is 8. The van der Waals surface area contributed by atoms with Crippen LogP contribution in [0.3, 0.4) is 0 Å². The minimum absolute atomic E-state index is 0. The third kappa shape index (κ3) is 8.71. The van der Waals surface area contributed by atoms with Crippen LogP contribution in [-0.2, 0) is 61.6 Å². The van der Waals surface area contributed by atoms with Crippen molar-refractivity contribution in [3.63, 3.8) is 0 Å². The number of carbonyl (C=O) groups excluding carboxylic acids is 6. The van der Waals surface area contributed by atoms with E-state index in [4.69, 9.17) is 32.8 Å². The standard InChI is InChI=1S/C30H48O8Si.C27H40O8.CH4/c1-12-22(32)36-26-24-28(8,16(2)13-21-29(24,15-35-21)37-19(5)31)25(33)18(4)23-17(3)20(38-39(9,10)11)14-30(26,34)27(23,6)7;1-9-19(30)34-23-21-25(8,13(2)10-18-26(21,12-33-18)35-16(5)28)22(31)15(4)20-14(3)17(29)11-27(23,32)24(20,6)7;/h16,18,20-21,24,26,34H,12-15H2,1-11H3;13,15,17-18,21,23,29,32H,9-12H2,1-8H3;1H4/t16-,18+,20-,21+,24?,26-,28+,29-,30+;13-,15+,17-,18+,21?,23-,25+,26-,27+;/m00./s1. The van der Waals surface area contributed by atoms with Gasteiger partial charge in [0, 0.05) is 73.0 Å². The minimum atomic E-state index is -2.08. The summed E-state index contributed by atoms with van der Waals surface area (Å²) in [6.07, 6.45) is -3.41. The Kier molecular flexibility index (Phi) is 16.1. The first-order chi connectivity index (χ1) is 33.9. The smallest absolute Gasteiger partial charge is 0.305 e. The monoisotopic (exact) mass is 1070 g/mol. The Morgan fingerprint density at radius 2 is 1.00 bits per heavy atom. The number of Topliss-reactive ketones (excluding diaryl/α,β-unsaturated/α-hetero) is 2. The summed E-state index contributed by atoms with van der Waals surface area (Å²) in [4.78, 5) is 80.2. The zero-order valence-corrected chi connectivity index (χ0v) is 48.7. The van der Waals surface area contributed by atoms with Crippen molar-refractivity contribution in [1.82, 2.24) is 0 Å². The maximum Gasteiger partial charge on any atom is 0.305 e. The molecule has 0 amide bonds. The molecule has 0 aromatic heterocycles. The van der Waals surface area contributed by atoms with Gasteiger partial charge in [0.1, 0.15) is 47.2 Å². The summed E-state index contributed by atoms with van der Waals surface area (Å²) in [7, 11) is -2.08. The van der Waals surface area contributed by atoms with E-state index in [0.29, 0.717) is 24.0 Å². The second-order valence-corrected chi connectivity index (χ2v) is 30.6. The van der Waals surface area contributed by atoms with Crippen molar-refractivity contribution >= 4 is 43.8 Å². The lowest BCUT2D eigenvalue weighted by atomic mass is 9.42. The molecule has 2 aliphatic heterocycles. The summed E-state index contributed by atoms with van der Waals surface area (Å²) in [5.41, 5.74) is -6.69. The van der Waals surface area contributed by atoms with E-state index < -0.39 is 137 Å². The molecule has 3 N–H and O–H groups in total. The second-order valence-electron chi connectivity index (χ2n) is 26.1. The number of esters is 4. The van der Waals surface area contributed by atoms with Crippen LogP contribution in [0.25, 0.3) is 0 Å². The predicted molar refractivity (Wildman–Crippen MR) is 281 cm³/mol. The molecule has 0 aromatic rings. The zero-order chi connectivity index (χ0) is 55.8. The Morgan fingerprint density at radius 1 is 0.640 bits per heavy atom. The normalized spacial score (nSPS) is 44.2. The van der Waals surface area contributed by atoms with Crippen molar-refractivity contribution < 1.29 is 76.9 Å². The molecule has 2 heterocycles. The molecular weight excluding hydrogens is 981 g/mol. The topological polar surface area (TPSA) is 228 Å². The number of fused-ring (bicyclic) bond motifs is 10. The van der Waals surface area contributed by atoms with Gasteiger partial charge in [-0.2, -0.15) is 0 Å². The Morgan fingerprint density at radius 3 is 1.32 bits per heavy atom. The molecule has 75 heavy (non-hydrogen) atoms. The van der Waals surface area contributed by atoms with Crippen molar-refractivity contribution in [2.24, 2.45) is 57.2 Å². The molecule has 4 bridgehead atoms. The van der Waals surface area contributed by atoms with Crippen LogP contribution in [0.5, 0.6) is 0 Å². The first kappa shape index (κ1) is 60.9. The van der Waals surface area contributed by atoms with Crippen molar-refractivity contribution in [2.75, 3.05) is 13.2 Å². The fourth-order valence-electron chi connectivity index (χ4n) is 16.4. The van der Waals surface area contributed by atoms with Crippen molar-refractivity contribution in [3.8, 4) is 0 Å². The molecule has 17 heteroatoms. The molecule has 4 saturated carbocycles. The Balaban J connectivity index is 0.000000242. The van der Waals surface area contributed by atoms with Crippen LogP contribution in [0.4, 0.5) is 0 Å². The van der Waals surface area contributed by atoms with Crippen molar-refractivity contribution in [2.45, 2.75) is 235 Å².